The van der Waals surface area contributed by atoms with Gasteiger partial charge in [0.2, 0.25) is 0 Å². The molecular weight excluding hydrogens is 341 g/mol. The van der Waals surface area contributed by atoms with Crippen molar-refractivity contribution in [2.24, 2.45) is 0 Å². The van der Waals surface area contributed by atoms with E-state index in [9.17, 15) is 17.4 Å². The number of benzene rings is 2. The standard InChI is InChI=1S/C14H10ClF3O3S/c15-12-7-10(14(16,17)18)4-5-13(12)21-8-9-2-1-3-11(6-9)22(19)20/h1-7H,8H2,(H,19,20). The first kappa shape index (κ1) is 16.8. The highest BCUT2D eigenvalue weighted by atomic mass is 35.5. The number of halogens is 4. The third-order valence-corrected chi connectivity index (χ3v) is 3.71. The summed E-state index contributed by atoms with van der Waals surface area (Å²) in [6.45, 7) is 0.0100. The summed E-state index contributed by atoms with van der Waals surface area (Å²) in [6, 6.07) is 8.99. The van der Waals surface area contributed by atoms with Gasteiger partial charge in [0.15, 0.2) is 11.1 Å². The Morgan fingerprint density at radius 3 is 2.50 bits per heavy atom. The van der Waals surface area contributed by atoms with E-state index in [-0.39, 0.29) is 22.3 Å². The van der Waals surface area contributed by atoms with E-state index in [4.69, 9.17) is 20.9 Å². The molecular formula is C14H10ClF3O3S. The zero-order chi connectivity index (χ0) is 16.3. The predicted molar refractivity (Wildman–Crippen MR) is 76.3 cm³/mol. The normalized spacial score (nSPS) is 13.0. The molecule has 22 heavy (non-hydrogen) atoms. The molecule has 0 aliphatic carbocycles. The summed E-state index contributed by atoms with van der Waals surface area (Å²) in [5, 5.41) is -0.156. The Hall–Kier alpha value is -1.57. The van der Waals surface area contributed by atoms with Crippen molar-refractivity contribution in [2.75, 3.05) is 0 Å². The summed E-state index contributed by atoms with van der Waals surface area (Å²) in [7, 11) is 0. The first-order chi connectivity index (χ1) is 10.3. The Balaban J connectivity index is 2.12. The predicted octanol–water partition coefficient (Wildman–Crippen LogP) is 4.52. The van der Waals surface area contributed by atoms with Gasteiger partial charge in [0.25, 0.3) is 0 Å². The Kier molecular flexibility index (Phi) is 5.10. The Morgan fingerprint density at radius 2 is 1.91 bits per heavy atom. The molecule has 0 aliphatic heterocycles. The smallest absolute Gasteiger partial charge is 0.416 e. The van der Waals surface area contributed by atoms with Crippen LogP contribution in [0, 0.1) is 0 Å². The van der Waals surface area contributed by atoms with E-state index in [0.29, 0.717) is 5.56 Å². The number of hydrogen-bond donors (Lipinski definition) is 1. The van der Waals surface area contributed by atoms with Gasteiger partial charge in [-0.15, -0.1) is 0 Å². The molecule has 3 nitrogen and oxygen atoms in total. The van der Waals surface area contributed by atoms with Gasteiger partial charge in [-0.05, 0) is 35.9 Å². The van der Waals surface area contributed by atoms with Crippen LogP contribution in [0.3, 0.4) is 0 Å². The summed E-state index contributed by atoms with van der Waals surface area (Å²) in [4.78, 5) is 0.208. The van der Waals surface area contributed by atoms with Crippen LogP contribution in [0.1, 0.15) is 11.1 Å². The average Bonchev–Trinajstić information content (AvgIpc) is 2.45. The largest absolute Gasteiger partial charge is 0.487 e. The van der Waals surface area contributed by atoms with Gasteiger partial charge >= 0.3 is 6.18 Å². The van der Waals surface area contributed by atoms with Crippen LogP contribution in [0.4, 0.5) is 13.2 Å². The highest BCUT2D eigenvalue weighted by Crippen LogP contribution is 2.34. The topological polar surface area (TPSA) is 46.5 Å². The van der Waals surface area contributed by atoms with E-state index < -0.39 is 22.8 Å². The molecule has 0 heterocycles. The summed E-state index contributed by atoms with van der Waals surface area (Å²) in [6.07, 6.45) is -4.47. The van der Waals surface area contributed by atoms with Gasteiger partial charge in [-0.3, -0.25) is 0 Å². The molecule has 0 fully saturated rings. The van der Waals surface area contributed by atoms with Crippen molar-refractivity contribution in [3.05, 3.63) is 58.6 Å². The molecule has 0 aliphatic rings. The molecule has 1 unspecified atom stereocenters. The van der Waals surface area contributed by atoms with Crippen molar-refractivity contribution in [1.29, 1.82) is 0 Å². The molecule has 118 valence electrons. The van der Waals surface area contributed by atoms with Crippen LogP contribution >= 0.6 is 11.6 Å². The molecule has 1 N–H and O–H groups in total. The lowest BCUT2D eigenvalue weighted by Gasteiger charge is -2.11. The average molecular weight is 351 g/mol. The van der Waals surface area contributed by atoms with E-state index >= 15 is 0 Å². The van der Waals surface area contributed by atoms with Crippen LogP contribution in [-0.2, 0) is 23.9 Å². The summed E-state index contributed by atoms with van der Waals surface area (Å²) in [5.74, 6) is 0.102. The molecule has 0 radical (unpaired) electrons. The minimum atomic E-state index is -4.47. The first-order valence-corrected chi connectivity index (χ1v) is 7.45. The number of ether oxygens (including phenoxy) is 1. The molecule has 8 heteroatoms. The molecule has 0 bridgehead atoms. The van der Waals surface area contributed by atoms with Crippen LogP contribution < -0.4 is 4.74 Å². The van der Waals surface area contributed by atoms with Gasteiger partial charge in [0.05, 0.1) is 15.5 Å². The fourth-order valence-corrected chi connectivity index (χ4v) is 2.38. The molecule has 0 saturated carbocycles. The minimum Gasteiger partial charge on any atom is -0.487 e. The summed E-state index contributed by atoms with van der Waals surface area (Å²) < 4.78 is 62.8. The maximum Gasteiger partial charge on any atom is 0.416 e. The van der Waals surface area contributed by atoms with Crippen molar-refractivity contribution >= 4 is 22.7 Å². The fourth-order valence-electron chi connectivity index (χ4n) is 1.70. The molecule has 2 rings (SSSR count). The van der Waals surface area contributed by atoms with E-state index in [1.54, 1.807) is 12.1 Å². The Bertz CT molecular complexity index is 704. The molecule has 0 spiro atoms. The number of rotatable bonds is 4. The molecule has 2 aromatic rings. The second-order valence-electron chi connectivity index (χ2n) is 4.33. The monoisotopic (exact) mass is 350 g/mol. The quantitative estimate of drug-likeness (QED) is 0.825. The zero-order valence-corrected chi connectivity index (χ0v) is 12.5. The van der Waals surface area contributed by atoms with Crippen LogP contribution in [0.5, 0.6) is 5.75 Å². The van der Waals surface area contributed by atoms with Crippen LogP contribution in [-0.4, -0.2) is 8.76 Å². The van der Waals surface area contributed by atoms with E-state index in [2.05, 4.69) is 0 Å². The third kappa shape index (κ3) is 4.22. The first-order valence-electron chi connectivity index (χ1n) is 5.97. The maximum absolute atomic E-state index is 12.5. The van der Waals surface area contributed by atoms with Gasteiger partial charge < -0.3 is 9.29 Å². The molecule has 0 saturated heterocycles. The van der Waals surface area contributed by atoms with Crippen molar-refractivity contribution < 1.29 is 26.7 Å². The summed E-state index contributed by atoms with van der Waals surface area (Å²) in [5.41, 5.74) is -0.265. The number of hydrogen-bond acceptors (Lipinski definition) is 2. The fraction of sp³-hybridized carbons (Fsp3) is 0.143. The van der Waals surface area contributed by atoms with Crippen molar-refractivity contribution in [1.82, 2.24) is 0 Å². The van der Waals surface area contributed by atoms with Crippen molar-refractivity contribution in [3.63, 3.8) is 0 Å². The molecule has 2 aromatic carbocycles. The van der Waals surface area contributed by atoms with E-state index in [1.165, 1.54) is 12.1 Å². The van der Waals surface area contributed by atoms with Crippen molar-refractivity contribution in [2.45, 2.75) is 17.7 Å². The van der Waals surface area contributed by atoms with Gasteiger partial charge in [-0.1, -0.05) is 23.7 Å². The highest BCUT2D eigenvalue weighted by molar-refractivity contribution is 7.79. The van der Waals surface area contributed by atoms with Gasteiger partial charge in [0.1, 0.15) is 12.4 Å². The van der Waals surface area contributed by atoms with Crippen LogP contribution in [0.15, 0.2) is 47.4 Å². The molecule has 0 amide bonds. The Labute approximate surface area is 132 Å². The minimum absolute atomic E-state index is 0.0100. The van der Waals surface area contributed by atoms with Gasteiger partial charge in [-0.2, -0.15) is 13.2 Å². The van der Waals surface area contributed by atoms with Gasteiger partial charge in [-0.25, -0.2) is 4.21 Å². The lowest BCUT2D eigenvalue weighted by atomic mass is 10.2. The maximum atomic E-state index is 12.5. The van der Waals surface area contributed by atoms with E-state index in [0.717, 1.165) is 18.2 Å². The zero-order valence-electron chi connectivity index (χ0n) is 10.9. The Morgan fingerprint density at radius 1 is 1.18 bits per heavy atom. The van der Waals surface area contributed by atoms with Crippen LogP contribution in [0.2, 0.25) is 5.02 Å². The highest BCUT2D eigenvalue weighted by Gasteiger charge is 2.31. The second-order valence-corrected chi connectivity index (χ2v) is 5.71. The van der Waals surface area contributed by atoms with Gasteiger partial charge in [0, 0.05) is 0 Å². The molecule has 0 aromatic heterocycles. The molecule has 1 atom stereocenters. The lowest BCUT2D eigenvalue weighted by Crippen LogP contribution is -2.05. The third-order valence-electron chi connectivity index (χ3n) is 2.75. The summed E-state index contributed by atoms with van der Waals surface area (Å²) >= 11 is 3.66. The second kappa shape index (κ2) is 6.68. The van der Waals surface area contributed by atoms with Crippen molar-refractivity contribution in [3.8, 4) is 5.75 Å². The number of alkyl halides is 3. The SMILES string of the molecule is O=S(O)c1cccc(COc2ccc(C(F)(F)F)cc2Cl)c1. The van der Waals surface area contributed by atoms with Crippen LogP contribution in [0.25, 0.3) is 0 Å². The lowest BCUT2D eigenvalue weighted by molar-refractivity contribution is -0.137. The van der Waals surface area contributed by atoms with E-state index in [1.807, 2.05) is 0 Å².